The van der Waals surface area contributed by atoms with Gasteiger partial charge in [0.25, 0.3) is 0 Å². The quantitative estimate of drug-likeness (QED) is 0.167. The summed E-state index contributed by atoms with van der Waals surface area (Å²) >= 11 is 0. The molecule has 0 atom stereocenters. The van der Waals surface area contributed by atoms with E-state index in [-0.39, 0.29) is 21.7 Å². The topological polar surface area (TPSA) is 53.5 Å². The summed E-state index contributed by atoms with van der Waals surface area (Å²) in [5.74, 6) is 0.667. The second-order valence-corrected chi connectivity index (χ2v) is 25.9. The SMILES string of the molecule is CC(C)(C)c1ccc2c(c1)c1cc(C(C)(C)C)ccc1n2-c1cc(-c2cc(-c3ccccc3)nc(-c3ccccc3)n2)cc(-n2c3ccc(C(C)(C)C)cc3c3cc(C(C)(C)C)ccc32)c1-n1c2ccccc2c2ncccc21. The number of nitrogens with zero attached hydrogens (tertiary/aromatic N) is 6. The molecule has 0 aliphatic carbocycles. The molecule has 0 aliphatic rings. The third-order valence-electron chi connectivity index (χ3n) is 16.3. The minimum Gasteiger partial charge on any atom is -0.307 e. The summed E-state index contributed by atoms with van der Waals surface area (Å²) < 4.78 is 7.58. The molecular weight excluding hydrogens is 961 g/mol. The molecule has 0 aliphatic heterocycles. The first-order valence-corrected chi connectivity index (χ1v) is 27.9. The Kier molecular flexibility index (Phi) is 11.4. The normalized spacial score (nSPS) is 12.8. The van der Waals surface area contributed by atoms with E-state index in [4.69, 9.17) is 15.0 Å². The number of fused-ring (bicyclic) bond motifs is 9. The van der Waals surface area contributed by atoms with Gasteiger partial charge in [-0.3, -0.25) is 4.98 Å². The second kappa shape index (κ2) is 18.0. The van der Waals surface area contributed by atoms with Crippen LogP contribution in [0.25, 0.3) is 117 Å². The van der Waals surface area contributed by atoms with Gasteiger partial charge in [-0.25, -0.2) is 9.97 Å². The zero-order chi connectivity index (χ0) is 54.9. The summed E-state index contributed by atoms with van der Waals surface area (Å²) in [7, 11) is 0. The lowest BCUT2D eigenvalue weighted by Crippen LogP contribution is -2.12. The molecule has 390 valence electrons. The standard InChI is InChI=1S/C73H68N6/c1-70(2,3)48-29-33-60-53(40-48)54-41-49(71(4,5)6)30-34-61(54)77(60)65-38-47(58-44-57(45-22-15-13-16-23-45)75-69(76-58)46-24-17-14-18-25-46)39-66(68(65)79-59-27-20-19-26-52(59)67-64(79)28-21-37-74-67)78-62-35-31-50(72(7,8)9)42-55(62)56-43-51(73(10,11)12)32-36-63(56)78/h13-44H,1-12H3. The van der Waals surface area contributed by atoms with E-state index in [2.05, 4.69) is 279 Å². The molecule has 5 aromatic heterocycles. The van der Waals surface area contributed by atoms with Gasteiger partial charge < -0.3 is 13.7 Å². The number of hydrogen-bond acceptors (Lipinski definition) is 3. The molecule has 13 aromatic rings. The Morgan fingerprint density at radius 2 is 0.684 bits per heavy atom. The Bertz CT molecular complexity index is 4130. The first-order chi connectivity index (χ1) is 37.7. The van der Waals surface area contributed by atoms with Crippen LogP contribution in [-0.2, 0) is 21.7 Å². The van der Waals surface area contributed by atoms with E-state index >= 15 is 0 Å². The minimum absolute atomic E-state index is 0.0748. The molecule has 0 amide bonds. The Morgan fingerprint density at radius 1 is 0.304 bits per heavy atom. The number of para-hydroxylation sites is 1. The molecule has 0 saturated carbocycles. The largest absolute Gasteiger partial charge is 0.307 e. The highest BCUT2D eigenvalue weighted by Crippen LogP contribution is 2.47. The molecule has 0 N–H and O–H groups in total. The van der Waals surface area contributed by atoms with E-state index < -0.39 is 0 Å². The maximum atomic E-state index is 5.59. The zero-order valence-corrected chi connectivity index (χ0v) is 47.7. The number of rotatable bonds is 6. The van der Waals surface area contributed by atoms with Crippen molar-refractivity contribution in [2.24, 2.45) is 0 Å². The van der Waals surface area contributed by atoms with Gasteiger partial charge in [0.15, 0.2) is 5.82 Å². The number of aromatic nitrogens is 6. The molecule has 0 saturated heterocycles. The minimum atomic E-state index is -0.0748. The van der Waals surface area contributed by atoms with Crippen LogP contribution < -0.4 is 0 Å². The summed E-state index contributed by atoms with van der Waals surface area (Å²) in [6, 6.07) is 69.6. The van der Waals surface area contributed by atoms with Gasteiger partial charge in [0.1, 0.15) is 0 Å². The molecule has 6 nitrogen and oxygen atoms in total. The molecule has 0 bridgehead atoms. The molecule has 79 heavy (non-hydrogen) atoms. The fourth-order valence-corrected chi connectivity index (χ4v) is 11.8. The lowest BCUT2D eigenvalue weighted by molar-refractivity contribution is 0.590. The number of pyridine rings is 1. The first kappa shape index (κ1) is 49.9. The smallest absolute Gasteiger partial charge is 0.160 e. The lowest BCUT2D eigenvalue weighted by atomic mass is 9.85. The molecule has 0 fully saturated rings. The average molecular weight is 1030 g/mol. The van der Waals surface area contributed by atoms with Gasteiger partial charge in [0.2, 0.25) is 0 Å². The molecular formula is C73H68N6. The van der Waals surface area contributed by atoms with Crippen molar-refractivity contribution >= 4 is 65.5 Å². The molecule has 13 rings (SSSR count). The molecule has 5 heterocycles. The first-order valence-electron chi connectivity index (χ1n) is 27.9. The molecule has 8 aromatic carbocycles. The van der Waals surface area contributed by atoms with Gasteiger partial charge in [0.05, 0.1) is 67.1 Å². The van der Waals surface area contributed by atoms with Crippen molar-refractivity contribution in [1.29, 1.82) is 0 Å². The van der Waals surface area contributed by atoms with Crippen LogP contribution in [0.5, 0.6) is 0 Å². The van der Waals surface area contributed by atoms with Crippen LogP contribution in [0.15, 0.2) is 194 Å². The maximum absolute atomic E-state index is 5.59. The van der Waals surface area contributed by atoms with Crippen LogP contribution in [-0.4, -0.2) is 28.7 Å². The van der Waals surface area contributed by atoms with Gasteiger partial charge in [0, 0.05) is 49.8 Å². The Morgan fingerprint density at radius 3 is 1.13 bits per heavy atom. The van der Waals surface area contributed by atoms with E-state index in [1.165, 1.54) is 43.8 Å². The Balaban J connectivity index is 1.28. The monoisotopic (exact) mass is 1030 g/mol. The van der Waals surface area contributed by atoms with Crippen LogP contribution in [0.3, 0.4) is 0 Å². The summed E-state index contributed by atoms with van der Waals surface area (Å²) in [5.41, 5.74) is 20.1. The Hall–Kier alpha value is -8.61. The van der Waals surface area contributed by atoms with E-state index in [1.54, 1.807) is 0 Å². The van der Waals surface area contributed by atoms with Crippen molar-refractivity contribution in [1.82, 2.24) is 28.7 Å². The highest BCUT2D eigenvalue weighted by molar-refractivity contribution is 6.14. The van der Waals surface area contributed by atoms with Crippen molar-refractivity contribution in [3.63, 3.8) is 0 Å². The van der Waals surface area contributed by atoms with E-state index in [1.807, 2.05) is 12.3 Å². The average Bonchev–Trinajstić information content (AvgIpc) is 3.65. The van der Waals surface area contributed by atoms with Crippen molar-refractivity contribution in [3.05, 3.63) is 217 Å². The van der Waals surface area contributed by atoms with Crippen LogP contribution in [0.4, 0.5) is 0 Å². The second-order valence-electron chi connectivity index (χ2n) is 25.9. The van der Waals surface area contributed by atoms with E-state index in [0.717, 1.165) is 89.1 Å². The zero-order valence-electron chi connectivity index (χ0n) is 47.7. The van der Waals surface area contributed by atoms with Crippen molar-refractivity contribution in [2.45, 2.75) is 105 Å². The fourth-order valence-electron chi connectivity index (χ4n) is 11.8. The lowest BCUT2D eigenvalue weighted by Gasteiger charge is -2.24. The van der Waals surface area contributed by atoms with Gasteiger partial charge >= 0.3 is 0 Å². The van der Waals surface area contributed by atoms with Crippen LogP contribution in [0.2, 0.25) is 0 Å². The number of benzene rings is 8. The summed E-state index contributed by atoms with van der Waals surface area (Å²) in [6.45, 7) is 27.8. The molecule has 0 spiro atoms. The van der Waals surface area contributed by atoms with Gasteiger partial charge in [-0.05, 0) is 129 Å². The van der Waals surface area contributed by atoms with Crippen LogP contribution in [0.1, 0.15) is 105 Å². The van der Waals surface area contributed by atoms with Crippen LogP contribution in [0, 0.1) is 0 Å². The predicted molar refractivity (Wildman–Crippen MR) is 334 cm³/mol. The molecule has 6 heteroatoms. The Labute approximate surface area is 464 Å². The highest BCUT2D eigenvalue weighted by atomic mass is 15.1. The fraction of sp³-hybridized carbons (Fsp3) is 0.219. The molecule has 0 unspecified atom stereocenters. The predicted octanol–water partition coefficient (Wildman–Crippen LogP) is 19.4. The van der Waals surface area contributed by atoms with E-state index in [0.29, 0.717) is 5.82 Å². The van der Waals surface area contributed by atoms with E-state index in [9.17, 15) is 0 Å². The third-order valence-corrected chi connectivity index (χ3v) is 16.3. The van der Waals surface area contributed by atoms with Crippen LogP contribution >= 0.6 is 0 Å². The molecule has 0 radical (unpaired) electrons. The summed E-state index contributed by atoms with van der Waals surface area (Å²) in [5, 5.41) is 5.97. The number of hydrogen-bond donors (Lipinski definition) is 0. The van der Waals surface area contributed by atoms with Crippen molar-refractivity contribution < 1.29 is 0 Å². The third kappa shape index (κ3) is 8.43. The summed E-state index contributed by atoms with van der Waals surface area (Å²) in [6.07, 6.45) is 1.92. The van der Waals surface area contributed by atoms with Gasteiger partial charge in [-0.1, -0.05) is 186 Å². The highest BCUT2D eigenvalue weighted by Gasteiger charge is 2.30. The van der Waals surface area contributed by atoms with Gasteiger partial charge in [-0.2, -0.15) is 0 Å². The summed E-state index contributed by atoms with van der Waals surface area (Å²) in [4.78, 5) is 16.1. The van der Waals surface area contributed by atoms with Crippen molar-refractivity contribution in [3.8, 4) is 51.0 Å². The van der Waals surface area contributed by atoms with Crippen molar-refractivity contribution in [2.75, 3.05) is 0 Å². The van der Waals surface area contributed by atoms with Gasteiger partial charge in [-0.15, -0.1) is 0 Å². The maximum Gasteiger partial charge on any atom is 0.160 e.